The van der Waals surface area contributed by atoms with Crippen molar-refractivity contribution in [2.45, 2.75) is 11.4 Å². The number of fused-ring (bicyclic) bond motifs is 1. The summed E-state index contributed by atoms with van der Waals surface area (Å²) in [6, 6.07) is 12.0. The predicted octanol–water partition coefficient (Wildman–Crippen LogP) is 2.82. The maximum absolute atomic E-state index is 12.7. The SMILES string of the molecule is O=S(=O)(NCc1cccnc1-c1ccco1)c1cccc2nsnc12. The molecule has 126 valence electrons. The minimum absolute atomic E-state index is 0.0835. The Morgan fingerprint density at radius 2 is 2.00 bits per heavy atom. The average molecular weight is 372 g/mol. The van der Waals surface area contributed by atoms with E-state index in [2.05, 4.69) is 18.5 Å². The quantitative estimate of drug-likeness (QED) is 0.578. The van der Waals surface area contributed by atoms with Gasteiger partial charge in [0.15, 0.2) is 5.76 Å². The number of rotatable bonds is 5. The van der Waals surface area contributed by atoms with Crippen molar-refractivity contribution >= 4 is 32.8 Å². The third-order valence-corrected chi connectivity index (χ3v) is 5.61. The van der Waals surface area contributed by atoms with Crippen LogP contribution in [0.15, 0.2) is 64.2 Å². The van der Waals surface area contributed by atoms with Crippen molar-refractivity contribution in [1.29, 1.82) is 0 Å². The molecule has 0 bridgehead atoms. The summed E-state index contributed by atoms with van der Waals surface area (Å²) in [7, 11) is -3.74. The van der Waals surface area contributed by atoms with Gasteiger partial charge in [0.2, 0.25) is 10.0 Å². The molecular formula is C16H12N4O3S2. The van der Waals surface area contributed by atoms with Gasteiger partial charge < -0.3 is 4.42 Å². The normalized spacial score (nSPS) is 11.8. The summed E-state index contributed by atoms with van der Waals surface area (Å²) in [5.41, 5.74) is 2.25. The van der Waals surface area contributed by atoms with Crippen LogP contribution >= 0.6 is 11.7 Å². The summed E-state index contributed by atoms with van der Waals surface area (Å²) in [5.74, 6) is 0.584. The molecule has 25 heavy (non-hydrogen) atoms. The molecule has 3 aromatic heterocycles. The molecule has 1 aromatic carbocycles. The van der Waals surface area contributed by atoms with E-state index < -0.39 is 10.0 Å². The summed E-state index contributed by atoms with van der Waals surface area (Å²) < 4.78 is 41.5. The lowest BCUT2D eigenvalue weighted by molar-refractivity contribution is 0.575. The Bertz CT molecular complexity index is 1120. The minimum atomic E-state index is -3.74. The highest BCUT2D eigenvalue weighted by Gasteiger charge is 2.20. The molecule has 0 aliphatic heterocycles. The summed E-state index contributed by atoms with van der Waals surface area (Å²) in [5, 5.41) is 0. The Labute approximate surface area is 147 Å². The first-order valence-electron chi connectivity index (χ1n) is 7.34. The van der Waals surface area contributed by atoms with Crippen molar-refractivity contribution in [3.63, 3.8) is 0 Å². The van der Waals surface area contributed by atoms with Gasteiger partial charge in [0.1, 0.15) is 21.6 Å². The highest BCUT2D eigenvalue weighted by molar-refractivity contribution is 7.89. The number of nitrogens with one attached hydrogen (secondary N) is 1. The number of hydrogen-bond donors (Lipinski definition) is 1. The van der Waals surface area contributed by atoms with Crippen LogP contribution in [0.25, 0.3) is 22.5 Å². The fourth-order valence-corrected chi connectivity index (χ4v) is 4.24. The van der Waals surface area contributed by atoms with E-state index >= 15 is 0 Å². The first-order valence-corrected chi connectivity index (χ1v) is 9.55. The van der Waals surface area contributed by atoms with Gasteiger partial charge >= 0.3 is 0 Å². The summed E-state index contributed by atoms with van der Waals surface area (Å²) in [6.45, 7) is 0.0835. The van der Waals surface area contributed by atoms with Crippen LogP contribution in [0, 0.1) is 0 Å². The maximum Gasteiger partial charge on any atom is 0.243 e. The molecule has 0 amide bonds. The van der Waals surface area contributed by atoms with Gasteiger partial charge in [-0.25, -0.2) is 13.1 Å². The Balaban J connectivity index is 1.65. The van der Waals surface area contributed by atoms with E-state index in [9.17, 15) is 8.42 Å². The molecule has 0 unspecified atom stereocenters. The van der Waals surface area contributed by atoms with Gasteiger partial charge in [-0.1, -0.05) is 12.1 Å². The molecule has 3 heterocycles. The maximum atomic E-state index is 12.7. The van der Waals surface area contributed by atoms with Gasteiger partial charge in [0.05, 0.1) is 18.0 Å². The second-order valence-corrected chi connectivity index (χ2v) is 7.46. The molecule has 0 atom stereocenters. The second kappa shape index (κ2) is 6.36. The zero-order chi connectivity index (χ0) is 17.3. The first-order chi connectivity index (χ1) is 12.1. The largest absolute Gasteiger partial charge is 0.463 e. The first kappa shape index (κ1) is 15.9. The molecular weight excluding hydrogens is 360 g/mol. The minimum Gasteiger partial charge on any atom is -0.463 e. The van der Waals surface area contributed by atoms with Crippen LogP contribution in [0.3, 0.4) is 0 Å². The molecule has 7 nitrogen and oxygen atoms in total. The molecule has 0 aliphatic rings. The van der Waals surface area contributed by atoms with Gasteiger partial charge in [-0.05, 0) is 35.9 Å². The van der Waals surface area contributed by atoms with Crippen LogP contribution in [-0.2, 0) is 16.6 Å². The predicted molar refractivity (Wildman–Crippen MR) is 93.4 cm³/mol. The van der Waals surface area contributed by atoms with Crippen LogP contribution in [-0.4, -0.2) is 22.1 Å². The van der Waals surface area contributed by atoms with E-state index in [1.54, 1.807) is 48.9 Å². The topological polar surface area (TPSA) is 98.0 Å². The van der Waals surface area contributed by atoms with Crippen molar-refractivity contribution in [2.24, 2.45) is 0 Å². The molecule has 9 heteroatoms. The fraction of sp³-hybridized carbons (Fsp3) is 0.0625. The standard InChI is InChI=1S/C16H12N4O3S2/c21-25(22,14-7-1-5-12-16(14)20-24-19-12)18-10-11-4-2-8-17-15(11)13-6-3-9-23-13/h1-9,18H,10H2. The summed E-state index contributed by atoms with van der Waals surface area (Å²) >= 11 is 0.984. The molecule has 0 aliphatic carbocycles. The van der Waals surface area contributed by atoms with E-state index in [4.69, 9.17) is 4.42 Å². The molecule has 4 aromatic rings. The van der Waals surface area contributed by atoms with E-state index in [0.717, 1.165) is 11.7 Å². The van der Waals surface area contributed by atoms with E-state index in [-0.39, 0.29) is 11.4 Å². The number of nitrogens with zero attached hydrogens (tertiary/aromatic N) is 3. The zero-order valence-corrected chi connectivity index (χ0v) is 14.4. The van der Waals surface area contributed by atoms with Gasteiger partial charge in [0.25, 0.3) is 0 Å². The van der Waals surface area contributed by atoms with Crippen molar-refractivity contribution in [1.82, 2.24) is 18.5 Å². The smallest absolute Gasteiger partial charge is 0.243 e. The van der Waals surface area contributed by atoms with Crippen molar-refractivity contribution in [3.8, 4) is 11.5 Å². The number of furan rings is 1. The Morgan fingerprint density at radius 1 is 1.08 bits per heavy atom. The molecule has 0 fully saturated rings. The summed E-state index contributed by atoms with van der Waals surface area (Å²) in [4.78, 5) is 4.40. The lowest BCUT2D eigenvalue weighted by Gasteiger charge is -2.09. The molecule has 1 N–H and O–H groups in total. The van der Waals surface area contributed by atoms with E-state index in [0.29, 0.717) is 28.1 Å². The average Bonchev–Trinajstić information content (AvgIpc) is 3.31. The van der Waals surface area contributed by atoms with Crippen molar-refractivity contribution < 1.29 is 12.8 Å². The number of pyridine rings is 1. The van der Waals surface area contributed by atoms with E-state index in [1.807, 2.05) is 0 Å². The fourth-order valence-electron chi connectivity index (χ4n) is 2.47. The molecule has 4 rings (SSSR count). The summed E-state index contributed by atoms with van der Waals surface area (Å²) in [6.07, 6.45) is 3.19. The zero-order valence-electron chi connectivity index (χ0n) is 12.8. The van der Waals surface area contributed by atoms with Crippen LogP contribution < -0.4 is 4.72 Å². The molecule has 0 saturated heterocycles. The number of aromatic nitrogens is 3. The van der Waals surface area contributed by atoms with Gasteiger partial charge in [-0.3, -0.25) is 4.98 Å². The lowest BCUT2D eigenvalue weighted by Crippen LogP contribution is -2.24. The van der Waals surface area contributed by atoms with E-state index in [1.165, 1.54) is 6.07 Å². The van der Waals surface area contributed by atoms with Gasteiger partial charge in [-0.15, -0.1) is 0 Å². The third-order valence-electron chi connectivity index (χ3n) is 3.64. The van der Waals surface area contributed by atoms with Crippen LogP contribution in [0.4, 0.5) is 0 Å². The monoisotopic (exact) mass is 372 g/mol. The Kier molecular flexibility index (Phi) is 4.04. The van der Waals surface area contributed by atoms with Crippen LogP contribution in [0.1, 0.15) is 5.56 Å². The van der Waals surface area contributed by atoms with Crippen LogP contribution in [0.5, 0.6) is 0 Å². The van der Waals surface area contributed by atoms with Crippen molar-refractivity contribution in [3.05, 3.63) is 60.5 Å². The lowest BCUT2D eigenvalue weighted by atomic mass is 10.1. The number of hydrogen-bond acceptors (Lipinski definition) is 7. The molecule has 0 radical (unpaired) electrons. The highest BCUT2D eigenvalue weighted by Crippen LogP contribution is 2.24. The van der Waals surface area contributed by atoms with Crippen LogP contribution in [0.2, 0.25) is 0 Å². The van der Waals surface area contributed by atoms with Gasteiger partial charge in [0, 0.05) is 12.7 Å². The third kappa shape index (κ3) is 3.04. The highest BCUT2D eigenvalue weighted by atomic mass is 32.2. The molecule has 0 spiro atoms. The molecule has 0 saturated carbocycles. The number of benzene rings is 1. The Morgan fingerprint density at radius 3 is 2.84 bits per heavy atom. The Hall–Kier alpha value is -2.62. The van der Waals surface area contributed by atoms with Gasteiger partial charge in [-0.2, -0.15) is 8.75 Å². The number of sulfonamides is 1. The second-order valence-electron chi connectivity index (χ2n) is 5.20. The van der Waals surface area contributed by atoms with Crippen molar-refractivity contribution in [2.75, 3.05) is 0 Å².